The Morgan fingerprint density at radius 2 is 2.27 bits per heavy atom. The lowest BCUT2D eigenvalue weighted by atomic mass is 10.3. The Bertz CT molecular complexity index is 288. The number of rotatable bonds is 6. The van der Waals surface area contributed by atoms with Gasteiger partial charge in [0.1, 0.15) is 0 Å². The third-order valence-corrected chi connectivity index (χ3v) is 5.18. The highest BCUT2D eigenvalue weighted by Gasteiger charge is 2.12. The van der Waals surface area contributed by atoms with E-state index in [1.54, 1.807) is 11.3 Å². The topological polar surface area (TPSA) is 12.0 Å². The van der Waals surface area contributed by atoms with Crippen molar-refractivity contribution in [2.45, 2.75) is 31.6 Å². The Labute approximate surface area is 106 Å². The fourth-order valence-electron chi connectivity index (χ4n) is 1.20. The van der Waals surface area contributed by atoms with Gasteiger partial charge in [0, 0.05) is 15.9 Å². The molecule has 15 heavy (non-hydrogen) atoms. The van der Waals surface area contributed by atoms with Gasteiger partial charge in [-0.05, 0) is 25.6 Å². The summed E-state index contributed by atoms with van der Waals surface area (Å²) in [5.41, 5.74) is 0. The summed E-state index contributed by atoms with van der Waals surface area (Å²) in [4.78, 5) is 1.33. The smallest absolute Gasteiger partial charge is 0.0931 e. The maximum Gasteiger partial charge on any atom is 0.0931 e. The zero-order valence-corrected chi connectivity index (χ0v) is 11.8. The summed E-state index contributed by atoms with van der Waals surface area (Å²) in [7, 11) is 2.01. The van der Waals surface area contributed by atoms with Crippen molar-refractivity contribution in [1.29, 1.82) is 0 Å². The highest BCUT2D eigenvalue weighted by Crippen LogP contribution is 2.29. The van der Waals surface area contributed by atoms with E-state index >= 15 is 0 Å². The van der Waals surface area contributed by atoms with Crippen LogP contribution in [0.5, 0.6) is 0 Å². The van der Waals surface area contributed by atoms with Crippen LogP contribution in [0.15, 0.2) is 12.1 Å². The molecule has 1 heterocycles. The van der Waals surface area contributed by atoms with Crippen molar-refractivity contribution in [3.63, 3.8) is 0 Å². The molecule has 1 aromatic heterocycles. The maximum atomic E-state index is 5.94. The van der Waals surface area contributed by atoms with E-state index in [4.69, 9.17) is 11.6 Å². The van der Waals surface area contributed by atoms with Crippen LogP contribution in [0.1, 0.15) is 31.2 Å². The Morgan fingerprint density at radius 1 is 1.53 bits per heavy atom. The molecule has 2 atom stereocenters. The van der Waals surface area contributed by atoms with Crippen LogP contribution in [-0.2, 0) is 0 Å². The number of nitrogens with one attached hydrogen (secondary N) is 1. The lowest BCUT2D eigenvalue weighted by Crippen LogP contribution is -2.18. The van der Waals surface area contributed by atoms with Crippen molar-refractivity contribution < 1.29 is 0 Å². The van der Waals surface area contributed by atoms with Gasteiger partial charge in [0.05, 0.1) is 10.4 Å². The van der Waals surface area contributed by atoms with Crippen LogP contribution in [0, 0.1) is 0 Å². The lowest BCUT2D eigenvalue weighted by Gasteiger charge is -2.16. The molecule has 0 saturated heterocycles. The van der Waals surface area contributed by atoms with Gasteiger partial charge >= 0.3 is 0 Å². The summed E-state index contributed by atoms with van der Waals surface area (Å²) in [6, 6.07) is 4.52. The summed E-state index contributed by atoms with van der Waals surface area (Å²) < 4.78 is 0.874. The molecule has 2 unspecified atom stereocenters. The van der Waals surface area contributed by atoms with Gasteiger partial charge in [0.2, 0.25) is 0 Å². The summed E-state index contributed by atoms with van der Waals surface area (Å²) in [6.07, 6.45) is 1.23. The van der Waals surface area contributed by atoms with Gasteiger partial charge in [-0.2, -0.15) is 11.8 Å². The summed E-state index contributed by atoms with van der Waals surface area (Å²) in [5.74, 6) is 1.11. The Morgan fingerprint density at radius 3 is 2.73 bits per heavy atom. The number of thioether (sulfide) groups is 1. The molecule has 1 rings (SSSR count). The number of thiophene rings is 1. The average molecular weight is 264 g/mol. The molecule has 0 aliphatic rings. The summed E-state index contributed by atoms with van der Waals surface area (Å²) in [6.45, 7) is 4.51. The van der Waals surface area contributed by atoms with E-state index in [0.717, 1.165) is 15.3 Å². The first-order chi connectivity index (χ1) is 7.17. The van der Waals surface area contributed by atoms with Gasteiger partial charge in [0.25, 0.3) is 0 Å². The van der Waals surface area contributed by atoms with Crippen molar-refractivity contribution in [3.05, 3.63) is 21.3 Å². The second kappa shape index (κ2) is 6.79. The van der Waals surface area contributed by atoms with Crippen LogP contribution < -0.4 is 5.32 Å². The third kappa shape index (κ3) is 4.35. The highest BCUT2D eigenvalue weighted by molar-refractivity contribution is 7.99. The van der Waals surface area contributed by atoms with Gasteiger partial charge in [-0.15, -0.1) is 11.3 Å². The normalized spacial score (nSPS) is 15.2. The van der Waals surface area contributed by atoms with Crippen LogP contribution in [0.4, 0.5) is 0 Å². The van der Waals surface area contributed by atoms with Crippen molar-refractivity contribution in [2.75, 3.05) is 12.8 Å². The van der Waals surface area contributed by atoms with E-state index < -0.39 is 0 Å². The molecule has 4 heteroatoms. The first-order valence-electron chi connectivity index (χ1n) is 5.21. The van der Waals surface area contributed by atoms with E-state index in [2.05, 4.69) is 25.2 Å². The van der Waals surface area contributed by atoms with E-state index in [1.165, 1.54) is 11.3 Å². The van der Waals surface area contributed by atoms with Gasteiger partial charge in [0.15, 0.2) is 0 Å². The van der Waals surface area contributed by atoms with Crippen molar-refractivity contribution in [2.24, 2.45) is 0 Å². The molecule has 1 nitrogen and oxygen atoms in total. The molecule has 0 radical (unpaired) electrons. The minimum absolute atomic E-state index is 0.432. The van der Waals surface area contributed by atoms with Gasteiger partial charge in [-0.25, -0.2) is 0 Å². The minimum atomic E-state index is 0.432. The molecule has 0 bridgehead atoms. The fourth-order valence-corrected chi connectivity index (χ4v) is 3.58. The molecule has 0 spiro atoms. The van der Waals surface area contributed by atoms with Crippen LogP contribution in [0.25, 0.3) is 0 Å². The second-order valence-electron chi connectivity index (χ2n) is 3.54. The molecule has 0 aliphatic heterocycles. The Balaban J connectivity index is 2.49. The van der Waals surface area contributed by atoms with E-state index in [1.807, 2.05) is 24.9 Å². The number of halogens is 1. The molecule has 1 aromatic rings. The van der Waals surface area contributed by atoms with Crippen molar-refractivity contribution in [1.82, 2.24) is 5.32 Å². The Hall–Kier alpha value is 0.300. The Kier molecular flexibility index (Phi) is 6.05. The molecule has 0 amide bonds. The van der Waals surface area contributed by atoms with E-state index in [0.29, 0.717) is 6.04 Å². The van der Waals surface area contributed by atoms with E-state index in [9.17, 15) is 0 Å². The molecular formula is C11H18ClNS2. The minimum Gasteiger partial charge on any atom is -0.312 e. The molecule has 0 fully saturated rings. The third-order valence-electron chi connectivity index (χ3n) is 2.41. The lowest BCUT2D eigenvalue weighted by molar-refractivity contribution is 0.671. The van der Waals surface area contributed by atoms with Gasteiger partial charge in [-0.1, -0.05) is 25.4 Å². The molecule has 0 aliphatic carbocycles. The number of hydrogen-bond donors (Lipinski definition) is 1. The average Bonchev–Trinajstić information content (AvgIpc) is 2.65. The van der Waals surface area contributed by atoms with Crippen LogP contribution in [-0.4, -0.2) is 18.1 Å². The molecular weight excluding hydrogens is 246 g/mol. The maximum absolute atomic E-state index is 5.94. The largest absolute Gasteiger partial charge is 0.312 e. The van der Waals surface area contributed by atoms with Gasteiger partial charge in [-0.3, -0.25) is 0 Å². The summed E-state index contributed by atoms with van der Waals surface area (Å²) in [5, 5.41) is 4.07. The SMILES string of the molecule is CCC(C)SCC(NC)c1ccc(Cl)s1. The quantitative estimate of drug-likeness (QED) is 0.826. The first kappa shape index (κ1) is 13.4. The highest BCUT2D eigenvalue weighted by atomic mass is 35.5. The number of hydrogen-bond acceptors (Lipinski definition) is 3. The zero-order valence-electron chi connectivity index (χ0n) is 9.42. The van der Waals surface area contributed by atoms with Crippen molar-refractivity contribution in [3.8, 4) is 0 Å². The van der Waals surface area contributed by atoms with Gasteiger partial charge < -0.3 is 5.32 Å². The monoisotopic (exact) mass is 263 g/mol. The molecule has 0 aromatic carbocycles. The predicted molar refractivity (Wildman–Crippen MR) is 73.3 cm³/mol. The summed E-state index contributed by atoms with van der Waals surface area (Å²) >= 11 is 9.62. The molecule has 86 valence electrons. The second-order valence-corrected chi connectivity index (χ2v) is 6.75. The van der Waals surface area contributed by atoms with Crippen LogP contribution in [0.2, 0.25) is 4.34 Å². The van der Waals surface area contributed by atoms with E-state index in [-0.39, 0.29) is 0 Å². The standard InChI is InChI=1S/C11H18ClNS2/c1-4-8(2)14-7-9(13-3)10-5-6-11(12)15-10/h5-6,8-9,13H,4,7H2,1-3H3. The van der Waals surface area contributed by atoms with Crippen LogP contribution >= 0.6 is 34.7 Å². The zero-order chi connectivity index (χ0) is 11.3. The van der Waals surface area contributed by atoms with Crippen LogP contribution in [0.3, 0.4) is 0 Å². The molecule has 1 N–H and O–H groups in total. The first-order valence-corrected chi connectivity index (χ1v) is 7.45. The predicted octanol–water partition coefficient (Wildman–Crippen LogP) is 4.19. The van der Waals surface area contributed by atoms with Crippen molar-refractivity contribution >= 4 is 34.7 Å². The fraction of sp³-hybridized carbons (Fsp3) is 0.636. The molecule has 0 saturated carbocycles.